The zero-order valence-corrected chi connectivity index (χ0v) is 15.5. The minimum Gasteiger partial charge on any atom is -0.166 e. The monoisotopic (exact) mass is 527 g/mol. The molecule has 0 nitrogen and oxygen atoms in total. The molecule has 0 aliphatic carbocycles. The summed E-state index contributed by atoms with van der Waals surface area (Å²) in [6.07, 6.45) is -4.36. The van der Waals surface area contributed by atoms with Gasteiger partial charge in [0.05, 0.1) is 5.56 Å². The van der Waals surface area contributed by atoms with Gasteiger partial charge in [-0.3, -0.25) is 0 Å². The Bertz CT molecular complexity index is 734. The van der Waals surface area contributed by atoms with Gasteiger partial charge < -0.3 is 0 Å². The van der Waals surface area contributed by atoms with Crippen molar-refractivity contribution in [2.45, 2.75) is 6.18 Å². The van der Waals surface area contributed by atoms with Crippen molar-refractivity contribution in [1.82, 2.24) is 0 Å². The van der Waals surface area contributed by atoms with Crippen LogP contribution in [-0.2, 0) is 28.6 Å². The fourth-order valence-electron chi connectivity index (χ4n) is 2.49. The van der Waals surface area contributed by atoms with Gasteiger partial charge in [-0.2, -0.15) is 13.2 Å². The Morgan fingerprint density at radius 3 is 1.46 bits per heavy atom. The van der Waals surface area contributed by atoms with Crippen molar-refractivity contribution in [3.05, 3.63) is 90.5 Å². The predicted molar refractivity (Wildman–Crippen MR) is 90.2 cm³/mol. The molecule has 5 heteroatoms. The van der Waals surface area contributed by atoms with Crippen molar-refractivity contribution >= 4 is 23.8 Å². The summed E-state index contributed by atoms with van der Waals surface area (Å²) in [5.41, 5.74) is -0.557. The van der Waals surface area contributed by atoms with Crippen LogP contribution in [0.5, 0.6) is 0 Å². The summed E-state index contributed by atoms with van der Waals surface area (Å²) in [6, 6.07) is 24.7. The number of alkyl halides is 3. The van der Waals surface area contributed by atoms with Crippen LogP contribution in [0.1, 0.15) is 5.56 Å². The van der Waals surface area contributed by atoms with Crippen LogP contribution in [0.3, 0.4) is 0 Å². The molecule has 3 rings (SSSR count). The average molecular weight is 527 g/mol. The summed E-state index contributed by atoms with van der Waals surface area (Å²) in [5, 5.41) is 2.16. The Kier molecular flexibility index (Phi) is 6.42. The van der Waals surface area contributed by atoms with Crippen molar-refractivity contribution in [3.63, 3.8) is 0 Å². The summed E-state index contributed by atoms with van der Waals surface area (Å²) in [5.74, 6) is 0. The van der Waals surface area contributed by atoms with E-state index >= 15 is 0 Å². The average Bonchev–Trinajstić information content (AvgIpc) is 2.57. The molecule has 0 atom stereocenters. The van der Waals surface area contributed by atoms with Crippen molar-refractivity contribution in [3.8, 4) is 0 Å². The number of benzene rings is 3. The van der Waals surface area contributed by atoms with E-state index in [1.54, 1.807) is 12.1 Å². The van der Waals surface area contributed by atoms with Gasteiger partial charge in [0.1, 0.15) is 0 Å². The predicted octanol–water partition coefficient (Wildman–Crippen LogP) is 4.46. The van der Waals surface area contributed by atoms with Crippen LogP contribution in [-0.4, -0.2) is 0 Å². The molecule has 0 aromatic heterocycles. The third-order valence-electron chi connectivity index (χ3n) is 3.48. The van der Waals surface area contributed by atoms with Gasteiger partial charge in [0.2, 0.25) is 0 Å². The first-order chi connectivity index (χ1) is 11.1. The molecule has 0 saturated carbocycles. The van der Waals surface area contributed by atoms with Gasteiger partial charge in [-0.1, -0.05) is 78.9 Å². The van der Waals surface area contributed by atoms with E-state index in [0.29, 0.717) is 5.30 Å². The molecule has 0 aliphatic rings. The molecular formula is C19H14AuF3P. The number of hydrogen-bond donors (Lipinski definition) is 0. The first kappa shape index (κ1) is 19.0. The maximum Gasteiger partial charge on any atom is 0.417 e. The zero-order valence-electron chi connectivity index (χ0n) is 12.5. The second-order valence-electron chi connectivity index (χ2n) is 5.02. The quantitative estimate of drug-likeness (QED) is 0.349. The maximum absolute atomic E-state index is 13.5. The second-order valence-corrected chi connectivity index (χ2v) is 7.21. The van der Waals surface area contributed by atoms with Crippen LogP contribution >= 0.6 is 7.92 Å². The molecule has 0 N–H and O–H groups in total. The smallest absolute Gasteiger partial charge is 0.166 e. The Morgan fingerprint density at radius 2 is 1.00 bits per heavy atom. The van der Waals surface area contributed by atoms with Crippen molar-refractivity contribution in [2.75, 3.05) is 0 Å². The first-order valence-electron chi connectivity index (χ1n) is 7.14. The van der Waals surface area contributed by atoms with E-state index in [2.05, 4.69) is 0 Å². The van der Waals surface area contributed by atoms with E-state index in [1.807, 2.05) is 60.7 Å². The summed E-state index contributed by atoms with van der Waals surface area (Å²) in [7, 11) is -1.25. The second kappa shape index (κ2) is 8.13. The van der Waals surface area contributed by atoms with E-state index < -0.39 is 19.7 Å². The van der Waals surface area contributed by atoms with Gasteiger partial charge in [0.25, 0.3) is 0 Å². The maximum atomic E-state index is 13.5. The molecule has 3 aromatic carbocycles. The van der Waals surface area contributed by atoms with E-state index in [9.17, 15) is 13.2 Å². The molecule has 0 bridgehead atoms. The van der Waals surface area contributed by atoms with Gasteiger partial charge in [-0.25, -0.2) is 0 Å². The van der Waals surface area contributed by atoms with Crippen LogP contribution in [0.2, 0.25) is 0 Å². The summed E-state index contributed by atoms with van der Waals surface area (Å²) in [4.78, 5) is 0. The van der Waals surface area contributed by atoms with Gasteiger partial charge in [0, 0.05) is 22.4 Å². The molecule has 0 unspecified atom stereocenters. The normalized spacial score (nSPS) is 11.2. The SMILES string of the molecule is FC(F)(F)c1ccccc1P(c1ccccc1)c1ccccc1.[Au]. The molecule has 0 saturated heterocycles. The van der Waals surface area contributed by atoms with Crippen LogP contribution < -0.4 is 15.9 Å². The molecule has 127 valence electrons. The van der Waals surface area contributed by atoms with Crippen molar-refractivity contribution < 1.29 is 35.6 Å². The molecule has 1 radical (unpaired) electrons. The molecule has 0 spiro atoms. The molecule has 0 aliphatic heterocycles. The summed E-state index contributed by atoms with van der Waals surface area (Å²) in [6.45, 7) is 0. The van der Waals surface area contributed by atoms with E-state index in [4.69, 9.17) is 0 Å². The van der Waals surface area contributed by atoms with Crippen molar-refractivity contribution in [2.24, 2.45) is 0 Å². The molecule has 0 fully saturated rings. The summed E-state index contributed by atoms with van der Waals surface area (Å²) < 4.78 is 40.4. The molecular weight excluding hydrogens is 513 g/mol. The minimum absolute atomic E-state index is 0. The third-order valence-corrected chi connectivity index (χ3v) is 5.98. The first-order valence-corrected chi connectivity index (χ1v) is 8.48. The van der Waals surface area contributed by atoms with Crippen LogP contribution in [0.15, 0.2) is 84.9 Å². The third kappa shape index (κ3) is 4.17. The molecule has 0 amide bonds. The van der Waals surface area contributed by atoms with E-state index in [0.717, 1.165) is 16.7 Å². The van der Waals surface area contributed by atoms with Crippen LogP contribution in [0, 0.1) is 0 Å². The topological polar surface area (TPSA) is 0 Å². The molecule has 3 aromatic rings. The van der Waals surface area contributed by atoms with Crippen molar-refractivity contribution in [1.29, 1.82) is 0 Å². The van der Waals surface area contributed by atoms with Gasteiger partial charge >= 0.3 is 6.18 Å². The fraction of sp³-hybridized carbons (Fsp3) is 0.0526. The Labute approximate surface area is 156 Å². The van der Waals surface area contributed by atoms with Crippen LogP contribution in [0.25, 0.3) is 0 Å². The van der Waals surface area contributed by atoms with E-state index in [-0.39, 0.29) is 22.4 Å². The standard InChI is InChI=1S/C19H14F3P.Au/c20-19(21,22)17-13-7-8-14-18(17)23(15-9-3-1-4-10-15)16-11-5-2-6-12-16;/h1-14H;. The Morgan fingerprint density at radius 1 is 0.583 bits per heavy atom. The van der Waals surface area contributed by atoms with Gasteiger partial charge in [-0.05, 0) is 29.9 Å². The number of hydrogen-bond acceptors (Lipinski definition) is 0. The number of halogens is 3. The number of rotatable bonds is 3. The van der Waals surface area contributed by atoms with Gasteiger partial charge in [-0.15, -0.1) is 0 Å². The Balaban J connectivity index is 0.00000208. The zero-order chi connectivity index (χ0) is 16.3. The summed E-state index contributed by atoms with van der Waals surface area (Å²) >= 11 is 0. The largest absolute Gasteiger partial charge is 0.417 e. The fourth-order valence-corrected chi connectivity index (χ4v) is 4.96. The van der Waals surface area contributed by atoms with Crippen LogP contribution in [0.4, 0.5) is 13.2 Å². The Hall–Kier alpha value is -1.38. The molecule has 0 heterocycles. The van der Waals surface area contributed by atoms with Gasteiger partial charge in [0.15, 0.2) is 0 Å². The molecule has 24 heavy (non-hydrogen) atoms. The minimum atomic E-state index is -4.36. The van der Waals surface area contributed by atoms with E-state index in [1.165, 1.54) is 6.07 Å².